The third-order valence-electron chi connectivity index (χ3n) is 2.28. The Bertz CT molecular complexity index is 565. The summed E-state index contributed by atoms with van der Waals surface area (Å²) >= 11 is 7.39. The Labute approximate surface area is 108 Å². The second-order valence-corrected chi connectivity index (χ2v) is 5.24. The number of halogens is 1. The molecule has 0 aliphatic carbocycles. The number of nitrogens with zero attached hydrogens (tertiary/aromatic N) is 1. The molecular formula is C12H10ClNO2S. The average Bonchev–Trinajstić information content (AvgIpc) is 2.59. The number of hydrogen-bond donors (Lipinski definition) is 1. The van der Waals surface area contributed by atoms with Gasteiger partial charge >= 0.3 is 5.97 Å². The van der Waals surface area contributed by atoms with Crippen molar-refractivity contribution in [1.82, 2.24) is 4.98 Å². The summed E-state index contributed by atoms with van der Waals surface area (Å²) in [7, 11) is 0. The molecule has 0 aliphatic heterocycles. The number of hydrogen-bond acceptors (Lipinski definition) is 3. The zero-order valence-corrected chi connectivity index (χ0v) is 10.7. The third-order valence-corrected chi connectivity index (χ3v) is 3.58. The molecule has 1 aromatic heterocycles. The van der Waals surface area contributed by atoms with Crippen LogP contribution in [0, 0.1) is 6.92 Å². The fourth-order valence-electron chi connectivity index (χ4n) is 1.48. The summed E-state index contributed by atoms with van der Waals surface area (Å²) in [5, 5.41) is 10.2. The number of thiazole rings is 1. The zero-order valence-electron chi connectivity index (χ0n) is 9.11. The van der Waals surface area contributed by atoms with E-state index in [2.05, 4.69) is 4.98 Å². The molecular weight excluding hydrogens is 258 g/mol. The quantitative estimate of drug-likeness (QED) is 0.927. The molecule has 0 spiro atoms. The number of carboxylic acids is 1. The lowest BCUT2D eigenvalue weighted by Crippen LogP contribution is -2.01. The second-order valence-electron chi connectivity index (χ2n) is 3.60. The Kier molecular flexibility index (Phi) is 3.45. The number of aryl methyl sites for hydroxylation is 1. The Hall–Kier alpha value is -1.39. The van der Waals surface area contributed by atoms with E-state index in [4.69, 9.17) is 16.7 Å². The van der Waals surface area contributed by atoms with Crippen LogP contribution in [0.1, 0.15) is 10.6 Å². The van der Waals surface area contributed by atoms with E-state index in [0.717, 1.165) is 15.4 Å². The van der Waals surface area contributed by atoms with Crippen molar-refractivity contribution >= 4 is 28.9 Å². The van der Waals surface area contributed by atoms with Crippen molar-refractivity contribution in [3.8, 4) is 10.6 Å². The van der Waals surface area contributed by atoms with E-state index >= 15 is 0 Å². The molecule has 5 heteroatoms. The summed E-state index contributed by atoms with van der Waals surface area (Å²) in [5.41, 5.74) is 1.54. The van der Waals surface area contributed by atoms with Gasteiger partial charge in [0.25, 0.3) is 0 Å². The molecule has 2 aromatic rings. The molecule has 1 heterocycles. The monoisotopic (exact) mass is 267 g/mol. The van der Waals surface area contributed by atoms with Crippen LogP contribution >= 0.6 is 22.9 Å². The molecule has 0 saturated heterocycles. The van der Waals surface area contributed by atoms with E-state index in [0.29, 0.717) is 10.7 Å². The summed E-state index contributed by atoms with van der Waals surface area (Å²) in [6.07, 6.45) is -0.0388. The minimum Gasteiger partial charge on any atom is -0.481 e. The molecule has 3 nitrogen and oxygen atoms in total. The van der Waals surface area contributed by atoms with Crippen LogP contribution in [0.3, 0.4) is 0 Å². The molecule has 0 radical (unpaired) electrons. The van der Waals surface area contributed by atoms with E-state index in [9.17, 15) is 4.79 Å². The predicted octanol–water partition coefficient (Wildman–Crippen LogP) is 3.40. The van der Waals surface area contributed by atoms with Crippen LogP contribution in [0.5, 0.6) is 0 Å². The average molecular weight is 268 g/mol. The van der Waals surface area contributed by atoms with Crippen molar-refractivity contribution in [3.63, 3.8) is 0 Å². The van der Waals surface area contributed by atoms with Gasteiger partial charge < -0.3 is 5.11 Å². The predicted molar refractivity (Wildman–Crippen MR) is 68.6 cm³/mol. The third kappa shape index (κ3) is 2.84. The van der Waals surface area contributed by atoms with Crippen LogP contribution in [-0.2, 0) is 11.2 Å². The van der Waals surface area contributed by atoms with Crippen LogP contribution in [0.25, 0.3) is 10.6 Å². The van der Waals surface area contributed by atoms with Crippen molar-refractivity contribution in [3.05, 3.63) is 39.9 Å². The van der Waals surface area contributed by atoms with Gasteiger partial charge in [0.1, 0.15) is 5.01 Å². The lowest BCUT2D eigenvalue weighted by molar-refractivity contribution is -0.136. The Morgan fingerprint density at radius 3 is 2.94 bits per heavy atom. The van der Waals surface area contributed by atoms with Gasteiger partial charge in [-0.15, -0.1) is 11.3 Å². The van der Waals surface area contributed by atoms with Gasteiger partial charge in [0.2, 0.25) is 0 Å². The normalized spacial score (nSPS) is 10.5. The fourth-order valence-corrected chi connectivity index (χ4v) is 2.60. The van der Waals surface area contributed by atoms with E-state index in [-0.39, 0.29) is 6.42 Å². The highest BCUT2D eigenvalue weighted by molar-refractivity contribution is 7.15. The topological polar surface area (TPSA) is 50.2 Å². The summed E-state index contributed by atoms with van der Waals surface area (Å²) in [6, 6.07) is 7.38. The number of rotatable bonds is 3. The summed E-state index contributed by atoms with van der Waals surface area (Å²) in [4.78, 5) is 15.9. The van der Waals surface area contributed by atoms with Crippen molar-refractivity contribution < 1.29 is 9.90 Å². The summed E-state index contributed by atoms with van der Waals surface area (Å²) in [6.45, 7) is 1.88. The molecule has 2 rings (SSSR count). The number of carboxylic acid groups (broad SMARTS) is 1. The first-order chi connectivity index (χ1) is 8.06. The lowest BCUT2D eigenvalue weighted by Gasteiger charge is -1.96. The van der Waals surface area contributed by atoms with Gasteiger partial charge in [-0.1, -0.05) is 23.7 Å². The van der Waals surface area contributed by atoms with Crippen molar-refractivity contribution in [1.29, 1.82) is 0 Å². The molecule has 0 aliphatic rings. The Morgan fingerprint density at radius 2 is 2.29 bits per heavy atom. The van der Waals surface area contributed by atoms with E-state index < -0.39 is 5.97 Å². The van der Waals surface area contributed by atoms with Crippen molar-refractivity contribution in [2.24, 2.45) is 0 Å². The lowest BCUT2D eigenvalue weighted by atomic mass is 10.2. The highest BCUT2D eigenvalue weighted by Crippen LogP contribution is 2.29. The second kappa shape index (κ2) is 4.85. The molecule has 1 N–H and O–H groups in total. The molecule has 0 amide bonds. The molecule has 0 bridgehead atoms. The maximum absolute atomic E-state index is 10.7. The van der Waals surface area contributed by atoms with Crippen LogP contribution in [0.4, 0.5) is 0 Å². The van der Waals surface area contributed by atoms with Gasteiger partial charge in [-0.25, -0.2) is 4.98 Å². The van der Waals surface area contributed by atoms with E-state index in [1.165, 1.54) is 11.3 Å². The Balaban J connectivity index is 2.37. The van der Waals surface area contributed by atoms with Crippen LogP contribution in [-0.4, -0.2) is 16.1 Å². The number of aliphatic carboxylic acids is 1. The van der Waals surface area contributed by atoms with E-state index in [1.807, 2.05) is 25.1 Å². The van der Waals surface area contributed by atoms with Crippen molar-refractivity contribution in [2.45, 2.75) is 13.3 Å². The van der Waals surface area contributed by atoms with Gasteiger partial charge in [0.15, 0.2) is 0 Å². The molecule has 0 atom stereocenters. The molecule has 0 saturated carbocycles. The fraction of sp³-hybridized carbons (Fsp3) is 0.167. The maximum atomic E-state index is 10.7. The zero-order chi connectivity index (χ0) is 12.4. The highest BCUT2D eigenvalue weighted by atomic mass is 35.5. The SMILES string of the molecule is Cc1sc(-c2cccc(Cl)c2)nc1CC(=O)O. The summed E-state index contributed by atoms with van der Waals surface area (Å²) < 4.78 is 0. The first kappa shape index (κ1) is 12.1. The summed E-state index contributed by atoms with van der Waals surface area (Å²) in [5.74, 6) is -0.865. The molecule has 0 fully saturated rings. The van der Waals surface area contributed by atoms with E-state index in [1.54, 1.807) is 6.07 Å². The van der Waals surface area contributed by atoms with Gasteiger partial charge in [-0.2, -0.15) is 0 Å². The first-order valence-corrected chi connectivity index (χ1v) is 6.20. The largest absolute Gasteiger partial charge is 0.481 e. The first-order valence-electron chi connectivity index (χ1n) is 5.00. The number of carbonyl (C=O) groups is 1. The standard InChI is InChI=1S/C12H10ClNO2S/c1-7-10(6-11(15)16)14-12(17-7)8-3-2-4-9(13)5-8/h2-5H,6H2,1H3,(H,15,16). The minimum absolute atomic E-state index is 0.0388. The van der Waals surface area contributed by atoms with Gasteiger partial charge in [-0.05, 0) is 19.1 Å². The van der Waals surface area contributed by atoms with Gasteiger partial charge in [0.05, 0.1) is 12.1 Å². The van der Waals surface area contributed by atoms with Gasteiger partial charge in [0, 0.05) is 15.5 Å². The molecule has 0 unspecified atom stereocenters. The highest BCUT2D eigenvalue weighted by Gasteiger charge is 2.12. The van der Waals surface area contributed by atoms with Crippen LogP contribution in [0.2, 0.25) is 5.02 Å². The molecule has 1 aromatic carbocycles. The number of benzene rings is 1. The van der Waals surface area contributed by atoms with Crippen LogP contribution < -0.4 is 0 Å². The van der Waals surface area contributed by atoms with Crippen molar-refractivity contribution in [2.75, 3.05) is 0 Å². The Morgan fingerprint density at radius 1 is 1.53 bits per heavy atom. The van der Waals surface area contributed by atoms with Crippen LogP contribution in [0.15, 0.2) is 24.3 Å². The maximum Gasteiger partial charge on any atom is 0.309 e. The minimum atomic E-state index is -0.865. The number of aromatic nitrogens is 1. The molecule has 88 valence electrons. The molecule has 17 heavy (non-hydrogen) atoms. The smallest absolute Gasteiger partial charge is 0.309 e. The van der Waals surface area contributed by atoms with Gasteiger partial charge in [-0.3, -0.25) is 4.79 Å².